The summed E-state index contributed by atoms with van der Waals surface area (Å²) in [6.07, 6.45) is 4.28. The molecular formula is C16H32O2Si. The molecule has 2 atom stereocenters. The summed E-state index contributed by atoms with van der Waals surface area (Å²) < 4.78 is 6.54. The summed E-state index contributed by atoms with van der Waals surface area (Å²) in [5, 5.41) is 0. The van der Waals surface area contributed by atoms with E-state index >= 15 is 0 Å². The van der Waals surface area contributed by atoms with E-state index in [9.17, 15) is 4.79 Å². The third kappa shape index (κ3) is 6.04. The Bertz CT molecular complexity index is 264. The van der Waals surface area contributed by atoms with Crippen molar-refractivity contribution in [2.45, 2.75) is 78.1 Å². The number of hydrogen-bond donors (Lipinski definition) is 0. The van der Waals surface area contributed by atoms with Gasteiger partial charge in [0.25, 0.3) is 0 Å². The Hall–Kier alpha value is -0.413. The Morgan fingerprint density at radius 3 is 2.11 bits per heavy atom. The fourth-order valence-corrected chi connectivity index (χ4v) is 5.56. The van der Waals surface area contributed by atoms with E-state index in [4.69, 9.17) is 4.43 Å². The molecule has 0 amide bonds. The Morgan fingerprint density at radius 2 is 1.74 bits per heavy atom. The van der Waals surface area contributed by atoms with Crippen molar-refractivity contribution < 1.29 is 9.22 Å². The molecule has 0 N–H and O–H groups in total. The summed E-state index contributed by atoms with van der Waals surface area (Å²) >= 11 is 0. The number of allylic oxidation sites excluding steroid dienone is 1. The van der Waals surface area contributed by atoms with Crippen LogP contribution in [0.3, 0.4) is 0 Å². The molecule has 0 spiro atoms. The average molecular weight is 285 g/mol. The predicted octanol–water partition coefficient (Wildman–Crippen LogP) is 4.96. The van der Waals surface area contributed by atoms with E-state index in [2.05, 4.69) is 41.2 Å². The van der Waals surface area contributed by atoms with E-state index < -0.39 is 8.32 Å². The SMILES string of the molecule is C=CC(=O)C[C@@H](O[Si](CC)(CC)CC)[C@@H](C)CCC. The zero-order valence-electron chi connectivity index (χ0n) is 13.5. The normalized spacial score (nSPS) is 15.0. The van der Waals surface area contributed by atoms with Crippen LogP contribution in [0.15, 0.2) is 12.7 Å². The highest BCUT2D eigenvalue weighted by Gasteiger charge is 2.34. The monoisotopic (exact) mass is 284 g/mol. The largest absolute Gasteiger partial charge is 0.413 e. The first-order valence-corrected chi connectivity index (χ1v) is 10.3. The lowest BCUT2D eigenvalue weighted by Crippen LogP contribution is -2.42. The number of hydrogen-bond acceptors (Lipinski definition) is 2. The number of ketones is 1. The van der Waals surface area contributed by atoms with Crippen LogP contribution >= 0.6 is 0 Å². The Kier molecular flexibility index (Phi) is 9.28. The summed E-state index contributed by atoms with van der Waals surface area (Å²) in [7, 11) is -1.64. The molecule has 0 aliphatic carbocycles. The van der Waals surface area contributed by atoms with E-state index in [0.717, 1.165) is 31.0 Å². The maximum atomic E-state index is 11.7. The highest BCUT2D eigenvalue weighted by Crippen LogP contribution is 2.28. The minimum Gasteiger partial charge on any atom is -0.413 e. The summed E-state index contributed by atoms with van der Waals surface area (Å²) in [6, 6.07) is 3.41. The molecule has 0 aliphatic rings. The fourth-order valence-electron chi connectivity index (χ4n) is 2.60. The molecule has 0 rings (SSSR count). The van der Waals surface area contributed by atoms with Gasteiger partial charge in [0.1, 0.15) is 0 Å². The number of carbonyl (C=O) groups excluding carboxylic acids is 1. The third-order valence-corrected chi connectivity index (χ3v) is 9.01. The first-order valence-electron chi connectivity index (χ1n) is 7.81. The molecule has 3 heteroatoms. The lowest BCUT2D eigenvalue weighted by atomic mass is 9.95. The Labute approximate surface area is 120 Å². The molecule has 0 radical (unpaired) electrons. The van der Waals surface area contributed by atoms with Crippen LogP contribution in [0.4, 0.5) is 0 Å². The van der Waals surface area contributed by atoms with Gasteiger partial charge in [0.15, 0.2) is 14.1 Å². The minimum absolute atomic E-state index is 0.0805. The molecule has 0 bridgehead atoms. The van der Waals surface area contributed by atoms with Crippen LogP contribution in [-0.4, -0.2) is 20.2 Å². The summed E-state index contributed by atoms with van der Waals surface area (Å²) in [4.78, 5) is 11.7. The highest BCUT2D eigenvalue weighted by molar-refractivity contribution is 6.73. The molecular weight excluding hydrogens is 252 g/mol. The third-order valence-electron chi connectivity index (χ3n) is 4.34. The van der Waals surface area contributed by atoms with Crippen molar-refractivity contribution in [2.24, 2.45) is 5.92 Å². The van der Waals surface area contributed by atoms with Crippen LogP contribution in [0.2, 0.25) is 18.1 Å². The molecule has 0 aromatic heterocycles. The molecule has 112 valence electrons. The molecule has 0 aliphatic heterocycles. The van der Waals surface area contributed by atoms with Crippen LogP contribution in [0.1, 0.15) is 53.9 Å². The summed E-state index contributed by atoms with van der Waals surface area (Å²) in [5.41, 5.74) is 0. The topological polar surface area (TPSA) is 26.3 Å². The van der Waals surface area contributed by atoms with Crippen molar-refractivity contribution in [3.63, 3.8) is 0 Å². The van der Waals surface area contributed by atoms with E-state index in [1.165, 1.54) is 6.08 Å². The maximum absolute atomic E-state index is 11.7. The minimum atomic E-state index is -1.64. The van der Waals surface area contributed by atoms with Gasteiger partial charge in [-0.2, -0.15) is 0 Å². The summed E-state index contributed by atoms with van der Waals surface area (Å²) in [5.74, 6) is 0.560. The van der Waals surface area contributed by atoms with E-state index in [-0.39, 0.29) is 11.9 Å². The highest BCUT2D eigenvalue weighted by atomic mass is 28.4. The second kappa shape index (κ2) is 9.48. The average Bonchev–Trinajstić information content (AvgIpc) is 2.43. The Balaban J connectivity index is 4.90. The van der Waals surface area contributed by atoms with Crippen LogP contribution in [0.5, 0.6) is 0 Å². The first-order chi connectivity index (χ1) is 8.98. The second-order valence-corrected chi connectivity index (χ2v) is 10.3. The molecule has 0 aromatic carbocycles. The number of carbonyl (C=O) groups is 1. The molecule has 0 saturated heterocycles. The molecule has 0 unspecified atom stereocenters. The zero-order chi connectivity index (χ0) is 14.9. The van der Waals surface area contributed by atoms with E-state index in [1.54, 1.807) is 0 Å². The van der Waals surface area contributed by atoms with Crippen molar-refractivity contribution >= 4 is 14.1 Å². The van der Waals surface area contributed by atoms with Gasteiger partial charge in [-0.05, 0) is 36.5 Å². The van der Waals surface area contributed by atoms with Crippen LogP contribution in [-0.2, 0) is 9.22 Å². The van der Waals surface area contributed by atoms with Gasteiger partial charge in [-0.3, -0.25) is 4.79 Å². The fraction of sp³-hybridized carbons (Fsp3) is 0.812. The molecule has 2 nitrogen and oxygen atoms in total. The quantitative estimate of drug-likeness (QED) is 0.396. The van der Waals surface area contributed by atoms with Crippen LogP contribution in [0.25, 0.3) is 0 Å². The second-order valence-electron chi connectivity index (χ2n) is 5.54. The van der Waals surface area contributed by atoms with Crippen molar-refractivity contribution in [2.75, 3.05) is 0 Å². The van der Waals surface area contributed by atoms with Crippen molar-refractivity contribution in [3.05, 3.63) is 12.7 Å². The van der Waals surface area contributed by atoms with Gasteiger partial charge < -0.3 is 4.43 Å². The van der Waals surface area contributed by atoms with Crippen LogP contribution in [0, 0.1) is 5.92 Å². The van der Waals surface area contributed by atoms with Crippen molar-refractivity contribution in [3.8, 4) is 0 Å². The Morgan fingerprint density at radius 1 is 1.21 bits per heavy atom. The summed E-state index contributed by atoms with van der Waals surface area (Å²) in [6.45, 7) is 14.7. The van der Waals surface area contributed by atoms with Gasteiger partial charge in [-0.15, -0.1) is 0 Å². The van der Waals surface area contributed by atoms with Crippen molar-refractivity contribution in [1.82, 2.24) is 0 Å². The molecule has 0 aromatic rings. The van der Waals surface area contributed by atoms with Crippen molar-refractivity contribution in [1.29, 1.82) is 0 Å². The van der Waals surface area contributed by atoms with Gasteiger partial charge in [0.2, 0.25) is 0 Å². The smallest absolute Gasteiger partial charge is 0.192 e. The van der Waals surface area contributed by atoms with E-state index in [1.807, 2.05) is 0 Å². The van der Waals surface area contributed by atoms with Gasteiger partial charge in [0.05, 0.1) is 6.10 Å². The maximum Gasteiger partial charge on any atom is 0.192 e. The van der Waals surface area contributed by atoms with Crippen LogP contribution < -0.4 is 0 Å². The molecule has 0 heterocycles. The van der Waals surface area contributed by atoms with Gasteiger partial charge in [-0.1, -0.05) is 47.6 Å². The standard InChI is InChI=1S/C16H32O2Si/c1-7-12-14(6)16(13-15(17)8-2)18-19(9-3,10-4)11-5/h8,14,16H,2,7,9-13H2,1,3-6H3/t14-,16+/m0/s1. The van der Waals surface area contributed by atoms with Gasteiger partial charge >= 0.3 is 0 Å². The number of rotatable bonds is 11. The van der Waals surface area contributed by atoms with Gasteiger partial charge in [-0.25, -0.2) is 0 Å². The molecule has 0 fully saturated rings. The molecule has 19 heavy (non-hydrogen) atoms. The van der Waals surface area contributed by atoms with E-state index in [0.29, 0.717) is 12.3 Å². The zero-order valence-corrected chi connectivity index (χ0v) is 14.5. The molecule has 0 saturated carbocycles. The lowest BCUT2D eigenvalue weighted by Gasteiger charge is -2.35. The first kappa shape index (κ1) is 18.6. The van der Waals surface area contributed by atoms with Gasteiger partial charge in [0, 0.05) is 6.42 Å². The lowest BCUT2D eigenvalue weighted by molar-refractivity contribution is -0.116. The predicted molar refractivity (Wildman–Crippen MR) is 86.0 cm³/mol.